The van der Waals surface area contributed by atoms with Gasteiger partial charge >= 0.3 is 0 Å². The van der Waals surface area contributed by atoms with Gasteiger partial charge in [-0.3, -0.25) is 14.8 Å². The molecule has 0 saturated carbocycles. The van der Waals surface area contributed by atoms with Gasteiger partial charge in [-0.25, -0.2) is 10.5 Å². The Hall–Kier alpha value is -2.12. The molecule has 1 heterocycles. The van der Waals surface area contributed by atoms with Crippen LogP contribution in [0.2, 0.25) is 0 Å². The van der Waals surface area contributed by atoms with E-state index in [1.165, 1.54) is 11.8 Å². The number of rotatable bonds is 9. The van der Waals surface area contributed by atoms with E-state index in [1.807, 2.05) is 37.3 Å². The predicted octanol–water partition coefficient (Wildman–Crippen LogP) is 2.83. The van der Waals surface area contributed by atoms with E-state index in [4.69, 9.17) is 5.21 Å². The number of aryl methyl sites for hydroxylation is 1. The zero-order valence-electron chi connectivity index (χ0n) is 14.2. The fraction of sp³-hybridized carbons (Fsp3) is 0.389. The lowest BCUT2D eigenvalue weighted by Gasteiger charge is -2.07. The lowest BCUT2D eigenvalue weighted by molar-refractivity contribution is -0.129. The van der Waals surface area contributed by atoms with E-state index in [0.717, 1.165) is 36.3 Å². The Bertz CT molecular complexity index is 747. The van der Waals surface area contributed by atoms with Crippen molar-refractivity contribution in [1.29, 1.82) is 0 Å². The highest BCUT2D eigenvalue weighted by atomic mass is 32.2. The minimum absolute atomic E-state index is 0.0848. The predicted molar refractivity (Wildman–Crippen MR) is 98.0 cm³/mol. The summed E-state index contributed by atoms with van der Waals surface area (Å²) in [6, 6.07) is 9.87. The first kappa shape index (κ1) is 19.2. The van der Waals surface area contributed by atoms with Gasteiger partial charge in [0.05, 0.1) is 0 Å². The lowest BCUT2D eigenvalue weighted by atomic mass is 10.1. The van der Waals surface area contributed by atoms with Gasteiger partial charge in [-0.2, -0.15) is 0 Å². The number of hydrogen-bond acceptors (Lipinski definition) is 5. The van der Waals surface area contributed by atoms with Gasteiger partial charge in [0.2, 0.25) is 5.91 Å². The zero-order chi connectivity index (χ0) is 18.1. The van der Waals surface area contributed by atoms with Gasteiger partial charge in [-0.05, 0) is 25.3 Å². The highest BCUT2D eigenvalue weighted by molar-refractivity contribution is 7.99. The average Bonchev–Trinajstić information content (AvgIpc) is 2.61. The summed E-state index contributed by atoms with van der Waals surface area (Å²) < 4.78 is 0. The molecule has 7 heteroatoms. The van der Waals surface area contributed by atoms with Crippen molar-refractivity contribution in [3.8, 4) is 0 Å². The fourth-order valence-corrected chi connectivity index (χ4v) is 3.36. The van der Waals surface area contributed by atoms with E-state index in [0.29, 0.717) is 23.6 Å². The molecule has 0 aliphatic carbocycles. The summed E-state index contributed by atoms with van der Waals surface area (Å²) in [6.45, 7) is 1.87. The van der Waals surface area contributed by atoms with Crippen LogP contribution < -0.4 is 11.0 Å². The number of aromatic nitrogens is 2. The van der Waals surface area contributed by atoms with Crippen molar-refractivity contribution >= 4 is 17.7 Å². The number of nitrogens with zero attached hydrogens (tertiary/aromatic N) is 1. The third kappa shape index (κ3) is 6.36. The van der Waals surface area contributed by atoms with E-state index in [2.05, 4.69) is 9.97 Å². The Morgan fingerprint density at radius 1 is 1.24 bits per heavy atom. The standard InChI is InChI=1S/C18H23N3O3S/c1-13-15(12-14-8-4-2-5-9-14)17(23)20-18(19-13)25-11-7-3-6-10-16(22)21-24/h2,4-5,8-9,24H,3,6-7,10-12H2,1H3,(H,21,22)(H,19,20,23). The average molecular weight is 361 g/mol. The van der Waals surface area contributed by atoms with Crippen LogP contribution in [0.5, 0.6) is 0 Å². The lowest BCUT2D eigenvalue weighted by Crippen LogP contribution is -2.18. The van der Waals surface area contributed by atoms with Gasteiger partial charge < -0.3 is 4.98 Å². The molecule has 1 aromatic carbocycles. The third-order valence-electron chi connectivity index (χ3n) is 3.84. The second kappa shape index (κ2) is 10.0. The number of hydroxylamine groups is 1. The molecule has 0 saturated heterocycles. The highest BCUT2D eigenvalue weighted by Gasteiger charge is 2.09. The number of benzene rings is 1. The number of carbonyl (C=O) groups is 1. The normalized spacial score (nSPS) is 10.6. The maximum atomic E-state index is 12.3. The quantitative estimate of drug-likeness (QED) is 0.210. The van der Waals surface area contributed by atoms with Crippen molar-refractivity contribution in [2.45, 2.75) is 44.2 Å². The van der Waals surface area contributed by atoms with Gasteiger partial charge in [0.15, 0.2) is 5.16 Å². The molecule has 0 radical (unpaired) electrons. The van der Waals surface area contributed by atoms with E-state index >= 15 is 0 Å². The highest BCUT2D eigenvalue weighted by Crippen LogP contribution is 2.16. The first-order valence-corrected chi connectivity index (χ1v) is 9.28. The first-order chi connectivity index (χ1) is 12.1. The number of thioether (sulfide) groups is 1. The molecule has 3 N–H and O–H groups in total. The van der Waals surface area contributed by atoms with Crippen LogP contribution in [0.3, 0.4) is 0 Å². The van der Waals surface area contributed by atoms with Gasteiger partial charge in [0.1, 0.15) is 0 Å². The minimum Gasteiger partial charge on any atom is -0.301 e. The number of aromatic amines is 1. The molecule has 0 aliphatic rings. The first-order valence-electron chi connectivity index (χ1n) is 8.29. The molecule has 2 aromatic rings. The molecule has 0 aliphatic heterocycles. The molecule has 0 spiro atoms. The van der Waals surface area contributed by atoms with Crippen LogP contribution >= 0.6 is 11.8 Å². The van der Waals surface area contributed by atoms with Crippen molar-refractivity contribution in [2.24, 2.45) is 0 Å². The van der Waals surface area contributed by atoms with Crippen LogP contribution in [0, 0.1) is 6.92 Å². The Labute approximate surface area is 151 Å². The number of amides is 1. The molecule has 6 nitrogen and oxygen atoms in total. The van der Waals surface area contributed by atoms with Crippen LogP contribution in [0.15, 0.2) is 40.3 Å². The number of hydrogen-bond donors (Lipinski definition) is 3. The molecular weight excluding hydrogens is 338 g/mol. The SMILES string of the molecule is Cc1nc(SCCCCCC(=O)NO)[nH]c(=O)c1Cc1ccccc1. The molecule has 0 atom stereocenters. The molecule has 134 valence electrons. The number of unbranched alkanes of at least 4 members (excludes halogenated alkanes) is 2. The van der Waals surface area contributed by atoms with Crippen LogP contribution in [0.1, 0.15) is 42.5 Å². The minimum atomic E-state index is -0.358. The van der Waals surface area contributed by atoms with E-state index in [-0.39, 0.29) is 11.5 Å². The van der Waals surface area contributed by atoms with Crippen molar-refractivity contribution in [2.75, 3.05) is 5.75 Å². The van der Waals surface area contributed by atoms with Gasteiger partial charge in [-0.15, -0.1) is 0 Å². The summed E-state index contributed by atoms with van der Waals surface area (Å²) in [6.07, 6.45) is 3.43. The van der Waals surface area contributed by atoms with Crippen molar-refractivity contribution in [3.63, 3.8) is 0 Å². The molecule has 1 amide bonds. The summed E-state index contributed by atoms with van der Waals surface area (Å²) in [4.78, 5) is 30.6. The number of H-pyrrole nitrogens is 1. The Morgan fingerprint density at radius 3 is 2.68 bits per heavy atom. The maximum absolute atomic E-state index is 12.3. The second-order valence-electron chi connectivity index (χ2n) is 5.79. The van der Waals surface area contributed by atoms with Crippen molar-refractivity contribution in [3.05, 3.63) is 57.5 Å². The summed E-state index contributed by atoms with van der Waals surface area (Å²) in [5.41, 5.74) is 4.08. The molecule has 0 bridgehead atoms. The summed E-state index contributed by atoms with van der Waals surface area (Å²) in [5.74, 6) is 0.463. The van der Waals surface area contributed by atoms with Crippen LogP contribution in [0.25, 0.3) is 0 Å². The van der Waals surface area contributed by atoms with Gasteiger partial charge in [0.25, 0.3) is 5.56 Å². The molecular formula is C18H23N3O3S. The Kier molecular flexibility index (Phi) is 7.69. The Balaban J connectivity index is 1.85. The molecule has 2 rings (SSSR count). The third-order valence-corrected chi connectivity index (χ3v) is 4.80. The molecule has 0 unspecified atom stereocenters. The fourth-order valence-electron chi connectivity index (χ4n) is 2.45. The van der Waals surface area contributed by atoms with Crippen molar-refractivity contribution in [1.82, 2.24) is 15.4 Å². The van der Waals surface area contributed by atoms with Gasteiger partial charge in [0, 0.05) is 29.9 Å². The summed E-state index contributed by atoms with van der Waals surface area (Å²) in [5, 5.41) is 9.04. The smallest absolute Gasteiger partial charge is 0.255 e. The van der Waals surface area contributed by atoms with Crippen LogP contribution in [-0.2, 0) is 11.2 Å². The van der Waals surface area contributed by atoms with Crippen LogP contribution in [0.4, 0.5) is 0 Å². The van der Waals surface area contributed by atoms with E-state index in [1.54, 1.807) is 5.48 Å². The number of nitrogens with one attached hydrogen (secondary N) is 2. The monoisotopic (exact) mass is 361 g/mol. The van der Waals surface area contributed by atoms with E-state index < -0.39 is 0 Å². The van der Waals surface area contributed by atoms with Gasteiger partial charge in [-0.1, -0.05) is 48.5 Å². The Morgan fingerprint density at radius 2 is 2.00 bits per heavy atom. The number of carbonyl (C=O) groups excluding carboxylic acids is 1. The molecule has 0 fully saturated rings. The molecule has 1 aromatic heterocycles. The zero-order valence-corrected chi connectivity index (χ0v) is 15.1. The largest absolute Gasteiger partial charge is 0.301 e. The molecule has 25 heavy (non-hydrogen) atoms. The van der Waals surface area contributed by atoms with Crippen LogP contribution in [-0.4, -0.2) is 26.8 Å². The van der Waals surface area contributed by atoms with Crippen molar-refractivity contribution < 1.29 is 10.0 Å². The maximum Gasteiger partial charge on any atom is 0.255 e. The summed E-state index contributed by atoms with van der Waals surface area (Å²) in [7, 11) is 0. The topological polar surface area (TPSA) is 95.1 Å². The summed E-state index contributed by atoms with van der Waals surface area (Å²) >= 11 is 1.51. The van der Waals surface area contributed by atoms with E-state index in [9.17, 15) is 9.59 Å². The second-order valence-corrected chi connectivity index (χ2v) is 6.88.